The predicted octanol–water partition coefficient (Wildman–Crippen LogP) is 1.42. The number of aliphatic carboxylic acids is 1. The molecular formula is C9H6F3N3O3S. The number of rotatable bonds is 1. The van der Waals surface area contributed by atoms with Gasteiger partial charge in [0.25, 0.3) is 0 Å². The highest BCUT2D eigenvalue weighted by atomic mass is 32.1. The first-order valence-corrected chi connectivity index (χ1v) is 5.31. The molecule has 102 valence electrons. The number of benzene rings is 1. The molecule has 10 heteroatoms. The molecule has 0 aliphatic carbocycles. The van der Waals surface area contributed by atoms with Crippen molar-refractivity contribution < 1.29 is 27.9 Å². The van der Waals surface area contributed by atoms with Crippen molar-refractivity contribution in [2.24, 2.45) is 5.73 Å². The topological polar surface area (TPSA) is 106 Å². The second-order valence-corrected chi connectivity index (χ2v) is 3.91. The Morgan fingerprint density at radius 2 is 1.89 bits per heavy atom. The van der Waals surface area contributed by atoms with E-state index in [0.29, 0.717) is 5.56 Å². The quantitative estimate of drug-likeness (QED) is 0.827. The molecule has 1 aromatic heterocycles. The summed E-state index contributed by atoms with van der Waals surface area (Å²) >= 11 is 1.29. The molecule has 0 unspecified atom stereocenters. The summed E-state index contributed by atoms with van der Waals surface area (Å²) in [5.41, 5.74) is 6.28. The molecular weight excluding hydrogens is 287 g/mol. The lowest BCUT2D eigenvalue weighted by atomic mass is 10.2. The summed E-state index contributed by atoms with van der Waals surface area (Å²) in [6.07, 6.45) is -5.08. The van der Waals surface area contributed by atoms with Gasteiger partial charge >= 0.3 is 12.1 Å². The van der Waals surface area contributed by atoms with Crippen LogP contribution in [0.15, 0.2) is 18.2 Å². The van der Waals surface area contributed by atoms with E-state index >= 15 is 0 Å². The predicted molar refractivity (Wildman–Crippen MR) is 59.6 cm³/mol. The summed E-state index contributed by atoms with van der Waals surface area (Å²) in [4.78, 5) is 19.6. The number of carbonyl (C=O) groups is 2. The first-order chi connectivity index (χ1) is 8.71. The van der Waals surface area contributed by atoms with Gasteiger partial charge in [-0.2, -0.15) is 13.2 Å². The lowest BCUT2D eigenvalue weighted by Gasteiger charge is -1.93. The first-order valence-electron chi connectivity index (χ1n) is 4.54. The second-order valence-electron chi connectivity index (χ2n) is 3.12. The molecule has 0 radical (unpaired) electrons. The van der Waals surface area contributed by atoms with Crippen LogP contribution >= 0.6 is 11.5 Å². The number of carboxylic acid groups (broad SMARTS) is 1. The number of halogens is 3. The van der Waals surface area contributed by atoms with Crippen molar-refractivity contribution in [1.82, 2.24) is 9.59 Å². The summed E-state index contributed by atoms with van der Waals surface area (Å²) in [5.74, 6) is -3.20. The van der Waals surface area contributed by atoms with Crippen LogP contribution in [0.3, 0.4) is 0 Å². The van der Waals surface area contributed by atoms with Crippen LogP contribution in [0.25, 0.3) is 10.2 Å². The zero-order chi connectivity index (χ0) is 14.6. The molecule has 0 bridgehead atoms. The number of carbonyl (C=O) groups excluding carboxylic acids is 1. The van der Waals surface area contributed by atoms with Crippen LogP contribution in [0.2, 0.25) is 0 Å². The molecule has 0 aliphatic rings. The minimum absolute atomic E-state index is 0.440. The van der Waals surface area contributed by atoms with Crippen molar-refractivity contribution in [3.8, 4) is 0 Å². The van der Waals surface area contributed by atoms with E-state index in [-0.39, 0.29) is 0 Å². The summed E-state index contributed by atoms with van der Waals surface area (Å²) in [5, 5.41) is 10.9. The number of amides is 1. The van der Waals surface area contributed by atoms with Gasteiger partial charge in [0.05, 0.1) is 4.70 Å². The fourth-order valence-corrected chi connectivity index (χ4v) is 1.47. The van der Waals surface area contributed by atoms with Crippen LogP contribution in [0.1, 0.15) is 10.4 Å². The molecule has 1 amide bonds. The maximum Gasteiger partial charge on any atom is 0.490 e. The van der Waals surface area contributed by atoms with Crippen LogP contribution in [0.4, 0.5) is 13.2 Å². The summed E-state index contributed by atoms with van der Waals surface area (Å²) in [6, 6.07) is 5.10. The lowest BCUT2D eigenvalue weighted by Crippen LogP contribution is -2.21. The van der Waals surface area contributed by atoms with E-state index in [9.17, 15) is 18.0 Å². The fraction of sp³-hybridized carbons (Fsp3) is 0.111. The van der Waals surface area contributed by atoms with Gasteiger partial charge in [-0.1, -0.05) is 4.49 Å². The minimum atomic E-state index is -5.08. The van der Waals surface area contributed by atoms with Gasteiger partial charge in [-0.15, -0.1) is 5.10 Å². The Morgan fingerprint density at radius 3 is 2.37 bits per heavy atom. The number of hydrogen-bond acceptors (Lipinski definition) is 5. The molecule has 6 nitrogen and oxygen atoms in total. The van der Waals surface area contributed by atoms with Gasteiger partial charge in [-0.25, -0.2) is 4.79 Å². The SMILES string of the molecule is NC(=O)c1ccc2snnc2c1.O=C(O)C(F)(F)F. The molecule has 0 atom stereocenters. The lowest BCUT2D eigenvalue weighted by molar-refractivity contribution is -0.192. The average molecular weight is 293 g/mol. The van der Waals surface area contributed by atoms with Crippen molar-refractivity contribution in [1.29, 1.82) is 0 Å². The van der Waals surface area contributed by atoms with Crippen molar-refractivity contribution in [2.75, 3.05) is 0 Å². The Morgan fingerprint density at radius 1 is 1.32 bits per heavy atom. The zero-order valence-corrected chi connectivity index (χ0v) is 9.83. The van der Waals surface area contributed by atoms with Crippen LogP contribution in [-0.4, -0.2) is 32.7 Å². The number of nitrogens with zero attached hydrogens (tertiary/aromatic N) is 2. The van der Waals surface area contributed by atoms with E-state index in [4.69, 9.17) is 15.6 Å². The highest BCUT2D eigenvalue weighted by Crippen LogP contribution is 2.16. The third-order valence-corrected chi connectivity index (χ3v) is 2.48. The molecule has 1 aromatic carbocycles. The number of aromatic nitrogens is 2. The molecule has 2 rings (SSSR count). The zero-order valence-electron chi connectivity index (χ0n) is 9.01. The third-order valence-electron chi connectivity index (χ3n) is 1.77. The highest BCUT2D eigenvalue weighted by molar-refractivity contribution is 7.12. The number of alkyl halides is 3. The van der Waals surface area contributed by atoms with Crippen LogP contribution < -0.4 is 5.73 Å². The van der Waals surface area contributed by atoms with Crippen LogP contribution in [0, 0.1) is 0 Å². The Bertz CT molecular complexity index is 611. The first kappa shape index (κ1) is 14.8. The Kier molecular flexibility index (Phi) is 4.38. The van der Waals surface area contributed by atoms with E-state index in [2.05, 4.69) is 9.59 Å². The molecule has 0 saturated heterocycles. The van der Waals surface area contributed by atoms with Crippen LogP contribution in [0.5, 0.6) is 0 Å². The van der Waals surface area contributed by atoms with Crippen molar-refractivity contribution in [3.63, 3.8) is 0 Å². The van der Waals surface area contributed by atoms with E-state index in [0.717, 1.165) is 10.2 Å². The van der Waals surface area contributed by atoms with E-state index in [1.807, 2.05) is 0 Å². The maximum atomic E-state index is 10.7. The molecule has 0 aliphatic heterocycles. The van der Waals surface area contributed by atoms with Gasteiger partial charge < -0.3 is 10.8 Å². The number of fused-ring (bicyclic) bond motifs is 1. The highest BCUT2D eigenvalue weighted by Gasteiger charge is 2.38. The van der Waals surface area contributed by atoms with Crippen LogP contribution in [-0.2, 0) is 4.79 Å². The Hall–Kier alpha value is -2.23. The van der Waals surface area contributed by atoms with Gasteiger partial charge in [-0.3, -0.25) is 4.79 Å². The normalized spacial score (nSPS) is 10.7. The van der Waals surface area contributed by atoms with E-state index in [1.54, 1.807) is 18.2 Å². The maximum absolute atomic E-state index is 10.7. The van der Waals surface area contributed by atoms with Crippen molar-refractivity contribution in [3.05, 3.63) is 23.8 Å². The third kappa shape index (κ3) is 4.17. The van der Waals surface area contributed by atoms with E-state index < -0.39 is 18.1 Å². The standard InChI is InChI=1S/C7H5N3OS.C2HF3O2/c8-7(11)4-1-2-6-5(3-4)9-10-12-6;3-2(4,5)1(6)7/h1-3H,(H2,8,11);(H,6,7). The van der Waals surface area contributed by atoms with Gasteiger partial charge in [-0.05, 0) is 29.7 Å². The summed E-state index contributed by atoms with van der Waals surface area (Å²) < 4.78 is 36.4. The fourth-order valence-electron chi connectivity index (χ4n) is 0.934. The second kappa shape index (κ2) is 5.61. The summed E-state index contributed by atoms with van der Waals surface area (Å²) in [6.45, 7) is 0. The average Bonchev–Trinajstić information content (AvgIpc) is 2.74. The summed E-state index contributed by atoms with van der Waals surface area (Å²) in [7, 11) is 0. The number of carboxylic acids is 1. The minimum Gasteiger partial charge on any atom is -0.475 e. The number of nitrogens with two attached hydrogens (primary N) is 1. The van der Waals surface area contributed by atoms with Crippen molar-refractivity contribution >= 4 is 33.6 Å². The molecule has 0 spiro atoms. The van der Waals surface area contributed by atoms with Gasteiger partial charge in [0.2, 0.25) is 5.91 Å². The van der Waals surface area contributed by atoms with Gasteiger partial charge in [0, 0.05) is 5.56 Å². The Balaban J connectivity index is 0.000000224. The monoisotopic (exact) mass is 293 g/mol. The smallest absolute Gasteiger partial charge is 0.475 e. The molecule has 19 heavy (non-hydrogen) atoms. The van der Waals surface area contributed by atoms with Gasteiger partial charge in [0.1, 0.15) is 5.52 Å². The molecule has 2 aromatic rings. The van der Waals surface area contributed by atoms with E-state index in [1.165, 1.54) is 11.5 Å². The van der Waals surface area contributed by atoms with Gasteiger partial charge in [0.15, 0.2) is 0 Å². The largest absolute Gasteiger partial charge is 0.490 e. The van der Waals surface area contributed by atoms with Crippen molar-refractivity contribution in [2.45, 2.75) is 6.18 Å². The Labute approximate surface area is 107 Å². The molecule has 0 saturated carbocycles. The number of primary amides is 1. The molecule has 0 fully saturated rings. The molecule has 1 heterocycles. The molecule has 3 N–H and O–H groups in total. The number of hydrogen-bond donors (Lipinski definition) is 2.